The Morgan fingerprint density at radius 1 is 1.15 bits per heavy atom. The first kappa shape index (κ1) is 9.44. The van der Waals surface area contributed by atoms with Gasteiger partial charge in [0.25, 0.3) is 0 Å². The van der Waals surface area contributed by atoms with Gasteiger partial charge in [-0.15, -0.1) is 0 Å². The van der Waals surface area contributed by atoms with Gasteiger partial charge in [0.1, 0.15) is 0 Å². The van der Waals surface area contributed by atoms with Gasteiger partial charge >= 0.3 is 0 Å². The molecule has 1 atom stereocenters. The Kier molecular flexibility index (Phi) is 2.86. The van der Waals surface area contributed by atoms with Gasteiger partial charge in [0.2, 0.25) is 0 Å². The lowest BCUT2D eigenvalue weighted by Gasteiger charge is -2.32. The summed E-state index contributed by atoms with van der Waals surface area (Å²) in [5, 5.41) is 3.69. The summed E-state index contributed by atoms with van der Waals surface area (Å²) < 4.78 is 10.7. The van der Waals surface area contributed by atoms with Crippen LogP contribution in [-0.2, 0) is 9.47 Å². The Labute approximate surface area is 79.8 Å². The van der Waals surface area contributed by atoms with Crippen LogP contribution in [0.25, 0.3) is 0 Å². The lowest BCUT2D eigenvalue weighted by atomic mass is 9.98. The third kappa shape index (κ3) is 2.42. The molecule has 0 aromatic heterocycles. The van der Waals surface area contributed by atoms with Crippen molar-refractivity contribution in [2.45, 2.75) is 37.8 Å². The first-order valence-corrected chi connectivity index (χ1v) is 5.22. The van der Waals surface area contributed by atoms with Crippen molar-refractivity contribution in [3.63, 3.8) is 0 Å². The molecular weight excluding hydrogens is 166 g/mol. The molecule has 0 radical (unpaired) electrons. The van der Waals surface area contributed by atoms with Crippen molar-refractivity contribution in [2.75, 3.05) is 26.4 Å². The number of ether oxygens (including phenoxy) is 2. The van der Waals surface area contributed by atoms with E-state index >= 15 is 0 Å². The predicted octanol–water partition coefficient (Wildman–Crippen LogP) is 0.934. The molecule has 13 heavy (non-hydrogen) atoms. The van der Waals surface area contributed by atoms with E-state index in [1.165, 1.54) is 0 Å². The third-order valence-electron chi connectivity index (χ3n) is 2.99. The normalized spacial score (nSPS) is 36.7. The monoisotopic (exact) mass is 185 g/mol. The van der Waals surface area contributed by atoms with Crippen LogP contribution in [0, 0.1) is 0 Å². The summed E-state index contributed by atoms with van der Waals surface area (Å²) in [6, 6.07) is 0.639. The number of hydrogen-bond donors (Lipinski definition) is 1. The molecule has 0 amide bonds. The first-order chi connectivity index (χ1) is 6.29. The average Bonchev–Trinajstić information content (AvgIpc) is 2.54. The highest BCUT2D eigenvalue weighted by atomic mass is 16.5. The van der Waals surface area contributed by atoms with E-state index in [0.29, 0.717) is 6.04 Å². The second kappa shape index (κ2) is 3.95. The summed E-state index contributed by atoms with van der Waals surface area (Å²) in [7, 11) is 0. The zero-order chi connectivity index (χ0) is 9.15. The first-order valence-electron chi connectivity index (χ1n) is 5.22. The van der Waals surface area contributed by atoms with E-state index in [1.54, 1.807) is 0 Å². The lowest BCUT2D eigenvalue weighted by Crippen LogP contribution is -2.50. The molecule has 2 heterocycles. The Morgan fingerprint density at radius 3 is 2.54 bits per heavy atom. The minimum absolute atomic E-state index is 0.224. The van der Waals surface area contributed by atoms with Gasteiger partial charge in [-0.1, -0.05) is 0 Å². The van der Waals surface area contributed by atoms with E-state index < -0.39 is 0 Å². The molecule has 2 rings (SSSR count). The molecule has 2 saturated heterocycles. The topological polar surface area (TPSA) is 30.5 Å². The largest absolute Gasteiger partial charge is 0.381 e. The SMILES string of the molecule is CC1(NC2CCOCC2)CCOC1. The molecule has 0 bridgehead atoms. The van der Waals surface area contributed by atoms with Gasteiger partial charge in [0.05, 0.1) is 6.61 Å². The summed E-state index contributed by atoms with van der Waals surface area (Å²) in [5.41, 5.74) is 0.224. The van der Waals surface area contributed by atoms with Crippen LogP contribution >= 0.6 is 0 Å². The zero-order valence-corrected chi connectivity index (χ0v) is 8.34. The van der Waals surface area contributed by atoms with Crippen LogP contribution < -0.4 is 5.32 Å². The Hall–Kier alpha value is -0.120. The number of hydrogen-bond acceptors (Lipinski definition) is 3. The van der Waals surface area contributed by atoms with Crippen LogP contribution in [0.3, 0.4) is 0 Å². The van der Waals surface area contributed by atoms with Crippen LogP contribution in [0.1, 0.15) is 26.2 Å². The molecule has 2 fully saturated rings. The smallest absolute Gasteiger partial charge is 0.0646 e. The summed E-state index contributed by atoms with van der Waals surface area (Å²) in [6.45, 7) is 5.86. The van der Waals surface area contributed by atoms with Gasteiger partial charge in [-0.3, -0.25) is 0 Å². The zero-order valence-electron chi connectivity index (χ0n) is 8.34. The summed E-state index contributed by atoms with van der Waals surface area (Å²) in [4.78, 5) is 0. The second-order valence-corrected chi connectivity index (χ2v) is 4.39. The molecule has 0 aromatic carbocycles. The number of rotatable bonds is 2. The van der Waals surface area contributed by atoms with Crippen LogP contribution in [0.2, 0.25) is 0 Å². The quantitative estimate of drug-likeness (QED) is 0.694. The molecule has 1 N–H and O–H groups in total. The predicted molar refractivity (Wildman–Crippen MR) is 50.8 cm³/mol. The summed E-state index contributed by atoms with van der Waals surface area (Å²) in [6.07, 6.45) is 3.44. The van der Waals surface area contributed by atoms with E-state index in [-0.39, 0.29) is 5.54 Å². The highest BCUT2D eigenvalue weighted by molar-refractivity contribution is 4.90. The van der Waals surface area contributed by atoms with Crippen molar-refractivity contribution >= 4 is 0 Å². The van der Waals surface area contributed by atoms with E-state index in [4.69, 9.17) is 9.47 Å². The highest BCUT2D eigenvalue weighted by Crippen LogP contribution is 2.20. The molecule has 76 valence electrons. The van der Waals surface area contributed by atoms with Crippen molar-refractivity contribution in [1.29, 1.82) is 0 Å². The molecule has 3 heteroatoms. The van der Waals surface area contributed by atoms with Crippen LogP contribution in [-0.4, -0.2) is 38.0 Å². The molecule has 0 saturated carbocycles. The highest BCUT2D eigenvalue weighted by Gasteiger charge is 2.32. The molecular formula is C10H19NO2. The van der Waals surface area contributed by atoms with Gasteiger partial charge in [0, 0.05) is 31.4 Å². The summed E-state index contributed by atoms with van der Waals surface area (Å²) >= 11 is 0. The van der Waals surface area contributed by atoms with Gasteiger partial charge < -0.3 is 14.8 Å². The van der Waals surface area contributed by atoms with Crippen molar-refractivity contribution in [3.8, 4) is 0 Å². The fraction of sp³-hybridized carbons (Fsp3) is 1.00. The molecule has 3 nitrogen and oxygen atoms in total. The minimum atomic E-state index is 0.224. The van der Waals surface area contributed by atoms with E-state index in [2.05, 4.69) is 12.2 Å². The maximum Gasteiger partial charge on any atom is 0.0646 e. The molecule has 2 aliphatic rings. The number of nitrogens with one attached hydrogen (secondary N) is 1. The van der Waals surface area contributed by atoms with Crippen LogP contribution in [0.5, 0.6) is 0 Å². The van der Waals surface area contributed by atoms with Gasteiger partial charge in [0.15, 0.2) is 0 Å². The van der Waals surface area contributed by atoms with Crippen LogP contribution in [0.4, 0.5) is 0 Å². The Bertz CT molecular complexity index is 160. The fourth-order valence-corrected chi connectivity index (χ4v) is 2.12. The van der Waals surface area contributed by atoms with E-state index in [9.17, 15) is 0 Å². The fourth-order valence-electron chi connectivity index (χ4n) is 2.12. The molecule has 0 spiro atoms. The standard InChI is InChI=1S/C10H19NO2/c1-10(4-7-13-8-10)11-9-2-5-12-6-3-9/h9,11H,2-8H2,1H3. The maximum atomic E-state index is 5.41. The minimum Gasteiger partial charge on any atom is -0.381 e. The van der Waals surface area contributed by atoms with Crippen molar-refractivity contribution in [3.05, 3.63) is 0 Å². The second-order valence-electron chi connectivity index (χ2n) is 4.39. The van der Waals surface area contributed by atoms with Gasteiger partial charge in [-0.05, 0) is 26.2 Å². The average molecular weight is 185 g/mol. The van der Waals surface area contributed by atoms with Gasteiger partial charge in [-0.25, -0.2) is 0 Å². The van der Waals surface area contributed by atoms with Crippen LogP contribution in [0.15, 0.2) is 0 Å². The molecule has 1 unspecified atom stereocenters. The molecule has 2 aliphatic heterocycles. The van der Waals surface area contributed by atoms with Crippen molar-refractivity contribution < 1.29 is 9.47 Å². The third-order valence-corrected chi connectivity index (χ3v) is 2.99. The Morgan fingerprint density at radius 2 is 1.92 bits per heavy atom. The lowest BCUT2D eigenvalue weighted by molar-refractivity contribution is 0.0666. The molecule has 0 aliphatic carbocycles. The van der Waals surface area contributed by atoms with Crippen molar-refractivity contribution in [2.24, 2.45) is 0 Å². The van der Waals surface area contributed by atoms with Gasteiger partial charge in [-0.2, -0.15) is 0 Å². The van der Waals surface area contributed by atoms with Crippen molar-refractivity contribution in [1.82, 2.24) is 5.32 Å². The maximum absolute atomic E-state index is 5.41. The van der Waals surface area contributed by atoms with E-state index in [0.717, 1.165) is 45.7 Å². The van der Waals surface area contributed by atoms with E-state index in [1.807, 2.05) is 0 Å². The summed E-state index contributed by atoms with van der Waals surface area (Å²) in [5.74, 6) is 0. The molecule has 0 aromatic rings. The Balaban J connectivity index is 1.81.